The average Bonchev–Trinajstić information content (AvgIpc) is 2.71. The van der Waals surface area contributed by atoms with Crippen molar-refractivity contribution in [2.45, 2.75) is 161 Å². The van der Waals surface area contributed by atoms with Crippen molar-refractivity contribution in [3.05, 3.63) is 0 Å². The van der Waals surface area contributed by atoms with Gasteiger partial charge in [-0.1, -0.05) is 123 Å². The zero-order valence-electron chi connectivity index (χ0n) is 20.3. The fourth-order valence-electron chi connectivity index (χ4n) is 3.98. The van der Waals surface area contributed by atoms with E-state index >= 15 is 0 Å². The summed E-state index contributed by atoms with van der Waals surface area (Å²) in [5.41, 5.74) is 0. The van der Waals surface area contributed by atoms with Gasteiger partial charge >= 0.3 is 0 Å². The molecule has 0 rings (SSSR count). The first-order valence-corrected chi connectivity index (χ1v) is 13.3. The van der Waals surface area contributed by atoms with E-state index in [1.54, 1.807) is 0 Å². The van der Waals surface area contributed by atoms with Crippen molar-refractivity contribution in [1.82, 2.24) is 5.32 Å². The monoisotopic (exact) mass is 427 g/mol. The second-order valence-corrected chi connectivity index (χ2v) is 9.17. The number of hydrogen-bond acceptors (Lipinski definition) is 3. The fourth-order valence-corrected chi connectivity index (χ4v) is 3.98. The molecule has 180 valence electrons. The lowest BCUT2D eigenvalue weighted by Gasteiger charge is -2.17. The number of carbonyl (C=O) groups excluding carboxylic acids is 1. The maximum Gasteiger partial charge on any atom is 0.221 e. The minimum absolute atomic E-state index is 0.104. The van der Waals surface area contributed by atoms with Crippen LogP contribution in [0.4, 0.5) is 0 Å². The van der Waals surface area contributed by atoms with E-state index in [-0.39, 0.29) is 12.3 Å². The lowest BCUT2D eigenvalue weighted by atomic mass is 10.0. The molecule has 0 bridgehead atoms. The maximum atomic E-state index is 11.8. The molecule has 0 fully saturated rings. The molecule has 30 heavy (non-hydrogen) atoms. The van der Waals surface area contributed by atoms with Crippen LogP contribution >= 0.6 is 0 Å². The van der Waals surface area contributed by atoms with Crippen LogP contribution in [0, 0.1) is 0 Å². The second-order valence-electron chi connectivity index (χ2n) is 9.17. The predicted octanol–water partition coefficient (Wildman–Crippen LogP) is 7.01. The molecule has 0 aliphatic rings. The van der Waals surface area contributed by atoms with Gasteiger partial charge in [-0.2, -0.15) is 0 Å². The van der Waals surface area contributed by atoms with Crippen molar-refractivity contribution in [3.63, 3.8) is 0 Å². The smallest absolute Gasteiger partial charge is 0.221 e. The van der Waals surface area contributed by atoms with Gasteiger partial charge in [0.15, 0.2) is 0 Å². The summed E-state index contributed by atoms with van der Waals surface area (Å²) in [6, 6.07) is 0. The summed E-state index contributed by atoms with van der Waals surface area (Å²) in [5.74, 6) is -0.104. The topological polar surface area (TPSA) is 69.6 Å². The highest BCUT2D eigenvalue weighted by atomic mass is 16.3. The van der Waals surface area contributed by atoms with Gasteiger partial charge in [-0.05, 0) is 12.8 Å². The normalized spacial score (nSPS) is 13.3. The van der Waals surface area contributed by atoms with Crippen LogP contribution in [0.3, 0.4) is 0 Å². The van der Waals surface area contributed by atoms with Gasteiger partial charge in [0.25, 0.3) is 0 Å². The summed E-state index contributed by atoms with van der Waals surface area (Å²) in [5, 5.41) is 22.6. The summed E-state index contributed by atoms with van der Waals surface area (Å²) in [6.07, 6.45) is 22.6. The Morgan fingerprint density at radius 1 is 0.633 bits per heavy atom. The molecule has 0 radical (unpaired) electrons. The van der Waals surface area contributed by atoms with E-state index in [0.29, 0.717) is 12.8 Å². The largest absolute Gasteiger partial charge is 0.393 e. The third-order valence-electron chi connectivity index (χ3n) is 5.97. The van der Waals surface area contributed by atoms with Crippen molar-refractivity contribution < 1.29 is 15.0 Å². The number of unbranched alkanes of at least 4 members (excludes halogenated alkanes) is 16. The molecule has 1 amide bonds. The Labute approximate surface area is 187 Å². The number of amides is 1. The van der Waals surface area contributed by atoms with E-state index in [0.717, 1.165) is 25.7 Å². The highest BCUT2D eigenvalue weighted by Gasteiger charge is 2.14. The Hall–Kier alpha value is -0.610. The molecular formula is C26H53NO3. The quantitative estimate of drug-likeness (QED) is 0.121. The molecule has 0 heterocycles. The van der Waals surface area contributed by atoms with Gasteiger partial charge in [0.2, 0.25) is 5.91 Å². The molecule has 3 N–H and O–H groups in total. The van der Waals surface area contributed by atoms with Crippen LogP contribution in [0.5, 0.6) is 0 Å². The van der Waals surface area contributed by atoms with E-state index in [1.807, 2.05) is 0 Å². The van der Waals surface area contributed by atoms with Gasteiger partial charge in [-0.15, -0.1) is 0 Å². The first-order chi connectivity index (χ1) is 14.6. The van der Waals surface area contributed by atoms with E-state index in [9.17, 15) is 15.0 Å². The van der Waals surface area contributed by atoms with Crippen LogP contribution < -0.4 is 5.32 Å². The SMILES string of the molecule is CCCCCCCCCCCCCCCC(O)CC(O)NC(=O)CCCCCCC. The van der Waals surface area contributed by atoms with E-state index in [2.05, 4.69) is 19.2 Å². The van der Waals surface area contributed by atoms with Gasteiger partial charge in [-0.25, -0.2) is 0 Å². The van der Waals surface area contributed by atoms with Crippen LogP contribution in [0.1, 0.15) is 149 Å². The third kappa shape index (κ3) is 22.1. The van der Waals surface area contributed by atoms with Crippen molar-refractivity contribution in [3.8, 4) is 0 Å². The highest BCUT2D eigenvalue weighted by molar-refractivity contribution is 5.75. The molecule has 0 spiro atoms. The van der Waals surface area contributed by atoms with Gasteiger partial charge < -0.3 is 15.5 Å². The number of hydrogen-bond donors (Lipinski definition) is 3. The van der Waals surface area contributed by atoms with Crippen molar-refractivity contribution in [1.29, 1.82) is 0 Å². The molecule has 0 aromatic rings. The van der Waals surface area contributed by atoms with Crippen LogP contribution in [0.2, 0.25) is 0 Å². The van der Waals surface area contributed by atoms with E-state index < -0.39 is 12.3 Å². The minimum Gasteiger partial charge on any atom is -0.393 e. The van der Waals surface area contributed by atoms with Gasteiger partial charge in [-0.3, -0.25) is 4.79 Å². The molecule has 0 aromatic carbocycles. The van der Waals surface area contributed by atoms with Crippen molar-refractivity contribution in [2.24, 2.45) is 0 Å². The predicted molar refractivity (Wildman–Crippen MR) is 128 cm³/mol. The Morgan fingerprint density at radius 2 is 1.03 bits per heavy atom. The van der Waals surface area contributed by atoms with Gasteiger partial charge in [0.05, 0.1) is 6.10 Å². The van der Waals surface area contributed by atoms with Gasteiger partial charge in [0, 0.05) is 12.8 Å². The summed E-state index contributed by atoms with van der Waals surface area (Å²) in [7, 11) is 0. The fraction of sp³-hybridized carbons (Fsp3) is 0.962. The Morgan fingerprint density at radius 3 is 1.50 bits per heavy atom. The lowest BCUT2D eigenvalue weighted by Crippen LogP contribution is -2.37. The number of nitrogens with one attached hydrogen (secondary N) is 1. The molecule has 0 saturated heterocycles. The zero-order chi connectivity index (χ0) is 22.3. The van der Waals surface area contributed by atoms with Crippen molar-refractivity contribution >= 4 is 5.91 Å². The molecular weight excluding hydrogens is 374 g/mol. The van der Waals surface area contributed by atoms with E-state index in [1.165, 1.54) is 89.9 Å². The third-order valence-corrected chi connectivity index (χ3v) is 5.97. The molecule has 0 aliphatic carbocycles. The van der Waals surface area contributed by atoms with Crippen molar-refractivity contribution in [2.75, 3.05) is 0 Å². The number of rotatable bonds is 23. The highest BCUT2D eigenvalue weighted by Crippen LogP contribution is 2.14. The minimum atomic E-state index is -0.926. The van der Waals surface area contributed by atoms with Crippen LogP contribution in [-0.4, -0.2) is 28.5 Å². The van der Waals surface area contributed by atoms with Crippen LogP contribution in [0.25, 0.3) is 0 Å². The lowest BCUT2D eigenvalue weighted by molar-refractivity contribution is -0.124. The first kappa shape index (κ1) is 29.4. The Bertz CT molecular complexity index is 362. The molecule has 2 atom stereocenters. The van der Waals surface area contributed by atoms with E-state index in [4.69, 9.17) is 0 Å². The molecule has 4 heteroatoms. The summed E-state index contributed by atoms with van der Waals surface area (Å²) in [6.45, 7) is 4.44. The number of carbonyl (C=O) groups is 1. The average molecular weight is 428 g/mol. The summed E-state index contributed by atoms with van der Waals surface area (Å²) >= 11 is 0. The van der Waals surface area contributed by atoms with Crippen LogP contribution in [-0.2, 0) is 4.79 Å². The maximum absolute atomic E-state index is 11.8. The summed E-state index contributed by atoms with van der Waals surface area (Å²) < 4.78 is 0. The van der Waals surface area contributed by atoms with Gasteiger partial charge in [0.1, 0.15) is 6.23 Å². The molecule has 0 aromatic heterocycles. The molecule has 0 aliphatic heterocycles. The Balaban J connectivity index is 3.41. The zero-order valence-corrected chi connectivity index (χ0v) is 20.3. The molecule has 4 nitrogen and oxygen atoms in total. The molecule has 0 saturated carbocycles. The first-order valence-electron chi connectivity index (χ1n) is 13.3. The second kappa shape index (κ2) is 23.1. The number of aliphatic hydroxyl groups is 2. The standard InChI is InChI=1S/C26H53NO3/c1-3-5-7-9-10-11-12-13-14-15-16-18-19-21-24(28)23-26(30)27-25(29)22-20-17-8-6-4-2/h24,26,28,30H,3-23H2,1-2H3,(H,27,29). The Kier molecular flexibility index (Phi) is 22.6. The van der Waals surface area contributed by atoms with Crippen LogP contribution in [0.15, 0.2) is 0 Å². The summed E-state index contributed by atoms with van der Waals surface area (Å²) in [4.78, 5) is 11.8. The molecule has 2 unspecified atom stereocenters. The number of aliphatic hydroxyl groups excluding tert-OH is 2.